The quantitative estimate of drug-likeness (QED) is 0.244. The number of ether oxygens (including phenoxy) is 1. The molecular formula is C28H30FN7O4. The Hall–Kier alpha value is -4.58. The molecule has 1 fully saturated rings. The van der Waals surface area contributed by atoms with Crippen LogP contribution >= 0.6 is 0 Å². The van der Waals surface area contributed by atoms with E-state index >= 15 is 4.39 Å². The fourth-order valence-corrected chi connectivity index (χ4v) is 4.56. The number of aliphatic hydroxyl groups excluding tert-OH is 1. The van der Waals surface area contributed by atoms with Gasteiger partial charge in [0.15, 0.2) is 11.5 Å². The van der Waals surface area contributed by atoms with Crippen LogP contribution in [0.5, 0.6) is 0 Å². The van der Waals surface area contributed by atoms with E-state index in [2.05, 4.69) is 25.6 Å². The monoisotopic (exact) mass is 547 g/mol. The molecule has 40 heavy (non-hydrogen) atoms. The average molecular weight is 548 g/mol. The van der Waals surface area contributed by atoms with Crippen LogP contribution in [0, 0.1) is 5.82 Å². The first kappa shape index (κ1) is 27.0. The lowest BCUT2D eigenvalue weighted by Crippen LogP contribution is -2.33. The van der Waals surface area contributed by atoms with E-state index in [1.165, 1.54) is 24.2 Å². The lowest BCUT2D eigenvalue weighted by molar-refractivity contribution is -0.119. The summed E-state index contributed by atoms with van der Waals surface area (Å²) < 4.78 is 22.3. The average Bonchev–Trinajstić information content (AvgIpc) is 3.54. The number of amides is 2. The molecule has 1 aliphatic rings. The minimum absolute atomic E-state index is 0.157. The number of nitrogens with zero attached hydrogens (tertiary/aromatic N) is 5. The second kappa shape index (κ2) is 12.1. The number of halogens is 1. The summed E-state index contributed by atoms with van der Waals surface area (Å²) in [4.78, 5) is 37.9. The zero-order valence-electron chi connectivity index (χ0n) is 22.0. The van der Waals surface area contributed by atoms with Crippen molar-refractivity contribution in [2.75, 3.05) is 36.5 Å². The number of fused-ring (bicyclic) bond motifs is 1. The van der Waals surface area contributed by atoms with Crippen LogP contribution < -0.4 is 15.5 Å². The third-order valence-electron chi connectivity index (χ3n) is 6.61. The number of unbranched alkanes of at least 4 members (excludes halogenated alkanes) is 1. The predicted molar refractivity (Wildman–Crippen MR) is 147 cm³/mol. The van der Waals surface area contributed by atoms with Gasteiger partial charge < -0.3 is 25.0 Å². The topological polar surface area (TPSA) is 134 Å². The van der Waals surface area contributed by atoms with Gasteiger partial charge in [-0.2, -0.15) is 0 Å². The summed E-state index contributed by atoms with van der Waals surface area (Å²) >= 11 is 0. The molecule has 0 spiro atoms. The van der Waals surface area contributed by atoms with E-state index in [0.29, 0.717) is 53.3 Å². The number of benzene rings is 2. The zero-order valence-corrected chi connectivity index (χ0v) is 22.0. The highest BCUT2D eigenvalue weighted by atomic mass is 19.1. The maximum absolute atomic E-state index is 15.1. The van der Waals surface area contributed by atoms with E-state index in [9.17, 15) is 9.59 Å². The number of nitrogens with one attached hydrogen (secondary N) is 2. The minimum Gasteiger partial charge on any atom is -0.442 e. The van der Waals surface area contributed by atoms with Crippen molar-refractivity contribution in [3.8, 4) is 11.1 Å². The van der Waals surface area contributed by atoms with E-state index in [1.54, 1.807) is 18.5 Å². The molecule has 1 aliphatic heterocycles. The second-order valence-corrected chi connectivity index (χ2v) is 9.54. The van der Waals surface area contributed by atoms with Gasteiger partial charge in [-0.25, -0.2) is 24.1 Å². The Labute approximate surface area is 230 Å². The molecule has 1 unspecified atom stereocenters. The van der Waals surface area contributed by atoms with E-state index in [-0.39, 0.29) is 25.6 Å². The number of aliphatic hydroxyl groups is 1. The fourth-order valence-electron chi connectivity index (χ4n) is 4.56. The Morgan fingerprint density at radius 2 is 1.98 bits per heavy atom. The van der Waals surface area contributed by atoms with Gasteiger partial charge in [0, 0.05) is 25.6 Å². The zero-order chi connectivity index (χ0) is 28.1. The van der Waals surface area contributed by atoms with E-state index < -0.39 is 18.0 Å². The second-order valence-electron chi connectivity index (χ2n) is 9.54. The fraction of sp³-hybridized carbons (Fsp3) is 0.321. The Balaban J connectivity index is 1.26. The number of carbonyl (C=O) groups is 2. The summed E-state index contributed by atoms with van der Waals surface area (Å²) in [5.41, 5.74) is 3.87. The van der Waals surface area contributed by atoms with Gasteiger partial charge in [0.25, 0.3) is 0 Å². The molecule has 1 saturated heterocycles. The molecule has 3 heterocycles. The lowest BCUT2D eigenvalue weighted by Gasteiger charge is -2.15. The summed E-state index contributed by atoms with van der Waals surface area (Å²) in [5.74, 6) is -0.0166. The van der Waals surface area contributed by atoms with Crippen molar-refractivity contribution in [3.05, 3.63) is 66.5 Å². The Bertz CT molecular complexity index is 1510. The first-order valence-electron chi connectivity index (χ1n) is 13.0. The van der Waals surface area contributed by atoms with Crippen molar-refractivity contribution in [3.63, 3.8) is 0 Å². The molecule has 0 saturated carbocycles. The largest absolute Gasteiger partial charge is 0.442 e. The van der Waals surface area contributed by atoms with E-state index in [0.717, 1.165) is 12.0 Å². The molecule has 0 bridgehead atoms. The molecule has 4 aromatic rings. The molecular weight excluding hydrogens is 517 g/mol. The molecule has 3 N–H and O–H groups in total. The molecule has 12 heteroatoms. The van der Waals surface area contributed by atoms with Crippen molar-refractivity contribution in [1.29, 1.82) is 0 Å². The Kier molecular flexibility index (Phi) is 8.15. The van der Waals surface area contributed by atoms with Crippen molar-refractivity contribution >= 4 is 34.7 Å². The highest BCUT2D eigenvalue weighted by Crippen LogP contribution is 2.29. The predicted octanol–water partition coefficient (Wildman–Crippen LogP) is 3.33. The molecule has 5 rings (SSSR count). The van der Waals surface area contributed by atoms with Crippen LogP contribution in [0.15, 0.2) is 55.1 Å². The number of anilines is 2. The summed E-state index contributed by atoms with van der Waals surface area (Å²) in [5, 5.41) is 14.8. The molecule has 11 nitrogen and oxygen atoms in total. The van der Waals surface area contributed by atoms with Gasteiger partial charge in [-0.15, -0.1) is 0 Å². The molecule has 0 aliphatic carbocycles. The Morgan fingerprint density at radius 3 is 2.73 bits per heavy atom. The van der Waals surface area contributed by atoms with Gasteiger partial charge in [-0.1, -0.05) is 24.3 Å². The number of rotatable bonds is 11. The van der Waals surface area contributed by atoms with E-state index in [4.69, 9.17) is 9.84 Å². The van der Waals surface area contributed by atoms with Crippen LogP contribution in [0.3, 0.4) is 0 Å². The van der Waals surface area contributed by atoms with Gasteiger partial charge in [-0.05, 0) is 42.2 Å². The maximum Gasteiger partial charge on any atom is 0.414 e. The number of imidazole rings is 1. The summed E-state index contributed by atoms with van der Waals surface area (Å²) in [6.07, 6.45) is 3.68. The maximum atomic E-state index is 15.1. The normalized spacial score (nSPS) is 14.9. The lowest BCUT2D eigenvalue weighted by atomic mass is 10.0. The first-order chi connectivity index (χ1) is 19.4. The van der Waals surface area contributed by atoms with Crippen molar-refractivity contribution in [1.82, 2.24) is 24.8 Å². The van der Waals surface area contributed by atoms with Crippen molar-refractivity contribution in [2.24, 2.45) is 0 Å². The third-order valence-corrected chi connectivity index (χ3v) is 6.61. The molecule has 0 radical (unpaired) electrons. The third kappa shape index (κ3) is 6.01. The van der Waals surface area contributed by atoms with Crippen LogP contribution in [0.25, 0.3) is 22.3 Å². The summed E-state index contributed by atoms with van der Waals surface area (Å²) in [6, 6.07) is 12.2. The van der Waals surface area contributed by atoms with Crippen LogP contribution in [0.4, 0.5) is 20.7 Å². The standard InChI is InChI=1S/C28H30FN7O4/c1-18(38)31-13-22-15-36(28(39)40-22)21-8-9-23(24(29)12-21)20-6-4-19(5-7-20)14-35-17-34-25-26(30-10-2-3-11-37)32-16-33-27(25)35/h4-9,12,16-17,22,37H,2-3,10-11,13-15H2,1H3,(H,31,38)(H,30,32,33). The number of aromatic nitrogens is 4. The van der Waals surface area contributed by atoms with Crippen molar-refractivity contribution < 1.29 is 23.8 Å². The summed E-state index contributed by atoms with van der Waals surface area (Å²) in [7, 11) is 0. The number of carbonyl (C=O) groups excluding carboxylic acids is 2. The molecule has 208 valence electrons. The highest BCUT2D eigenvalue weighted by Gasteiger charge is 2.32. The van der Waals surface area contributed by atoms with Gasteiger partial charge in [0.2, 0.25) is 5.91 Å². The number of hydrogen-bond acceptors (Lipinski definition) is 8. The smallest absolute Gasteiger partial charge is 0.414 e. The van der Waals surface area contributed by atoms with Gasteiger partial charge in [0.1, 0.15) is 23.8 Å². The van der Waals surface area contributed by atoms with Gasteiger partial charge >= 0.3 is 6.09 Å². The van der Waals surface area contributed by atoms with Gasteiger partial charge in [0.05, 0.1) is 31.6 Å². The number of hydrogen-bond donors (Lipinski definition) is 3. The van der Waals surface area contributed by atoms with Crippen LogP contribution in [0.2, 0.25) is 0 Å². The highest BCUT2D eigenvalue weighted by molar-refractivity contribution is 5.90. The van der Waals surface area contributed by atoms with Gasteiger partial charge in [-0.3, -0.25) is 9.69 Å². The SMILES string of the molecule is CC(=O)NCC1CN(c2ccc(-c3ccc(Cn4cnc5c(NCCCCO)ncnc54)cc3)c(F)c2)C(=O)O1. The summed E-state index contributed by atoms with van der Waals surface area (Å²) in [6.45, 7) is 3.18. The van der Waals surface area contributed by atoms with Crippen LogP contribution in [0.1, 0.15) is 25.3 Å². The number of cyclic esters (lactones) is 1. The van der Waals surface area contributed by atoms with Crippen LogP contribution in [-0.2, 0) is 16.1 Å². The molecule has 2 aromatic carbocycles. The first-order valence-corrected chi connectivity index (χ1v) is 13.0. The van der Waals surface area contributed by atoms with E-state index in [1.807, 2.05) is 28.8 Å². The molecule has 2 aromatic heterocycles. The van der Waals surface area contributed by atoms with Crippen LogP contribution in [-0.4, -0.2) is 69.0 Å². The minimum atomic E-state index is -0.575. The molecule has 1 atom stereocenters. The Morgan fingerprint density at radius 1 is 1.15 bits per heavy atom. The molecule has 2 amide bonds. The van der Waals surface area contributed by atoms with Crippen molar-refractivity contribution in [2.45, 2.75) is 32.4 Å².